The SMILES string of the molecule is CN1[C@H]2CCC[C@H]1CC(NC(=O)N1CCC[C@H]3CCC[C@@H]31)C2. The zero-order valence-electron chi connectivity index (χ0n) is 14.0. The molecule has 22 heavy (non-hydrogen) atoms. The van der Waals surface area contributed by atoms with Gasteiger partial charge >= 0.3 is 6.03 Å². The molecule has 4 aliphatic rings. The van der Waals surface area contributed by atoms with Gasteiger partial charge in [0.15, 0.2) is 0 Å². The molecule has 2 bridgehead atoms. The monoisotopic (exact) mass is 305 g/mol. The number of fused-ring (bicyclic) bond motifs is 3. The Morgan fingerprint density at radius 3 is 2.41 bits per heavy atom. The van der Waals surface area contributed by atoms with E-state index in [1.165, 1.54) is 51.4 Å². The third kappa shape index (κ3) is 2.64. The van der Waals surface area contributed by atoms with Crippen LogP contribution in [0.1, 0.15) is 64.2 Å². The third-order valence-corrected chi connectivity index (χ3v) is 6.92. The second-order valence-corrected chi connectivity index (χ2v) is 8.12. The zero-order valence-corrected chi connectivity index (χ0v) is 14.0. The minimum atomic E-state index is 0.240. The molecule has 4 atom stereocenters. The van der Waals surface area contributed by atoms with E-state index in [0.29, 0.717) is 24.2 Å². The van der Waals surface area contributed by atoms with Crippen LogP contribution in [0.5, 0.6) is 0 Å². The summed E-state index contributed by atoms with van der Waals surface area (Å²) in [5.41, 5.74) is 0. The van der Waals surface area contributed by atoms with Crippen molar-refractivity contribution in [2.24, 2.45) is 5.92 Å². The molecule has 1 N–H and O–H groups in total. The molecule has 3 saturated heterocycles. The lowest BCUT2D eigenvalue weighted by Gasteiger charge is -2.47. The molecule has 2 amide bonds. The van der Waals surface area contributed by atoms with E-state index in [4.69, 9.17) is 0 Å². The number of hydrogen-bond acceptors (Lipinski definition) is 2. The molecule has 3 heterocycles. The van der Waals surface area contributed by atoms with E-state index in [0.717, 1.165) is 25.3 Å². The van der Waals surface area contributed by atoms with E-state index in [2.05, 4.69) is 22.2 Å². The summed E-state index contributed by atoms with van der Waals surface area (Å²) in [7, 11) is 2.28. The smallest absolute Gasteiger partial charge is 0.317 e. The van der Waals surface area contributed by atoms with E-state index in [9.17, 15) is 4.79 Å². The van der Waals surface area contributed by atoms with Crippen LogP contribution >= 0.6 is 0 Å². The van der Waals surface area contributed by atoms with Crippen molar-refractivity contribution in [3.8, 4) is 0 Å². The maximum absolute atomic E-state index is 12.8. The number of amides is 2. The van der Waals surface area contributed by atoms with Gasteiger partial charge in [-0.25, -0.2) is 4.79 Å². The topological polar surface area (TPSA) is 35.6 Å². The van der Waals surface area contributed by atoms with Gasteiger partial charge in [-0.1, -0.05) is 12.8 Å². The number of hydrogen-bond donors (Lipinski definition) is 1. The summed E-state index contributed by atoms with van der Waals surface area (Å²) in [5.74, 6) is 0.788. The van der Waals surface area contributed by atoms with Crippen molar-refractivity contribution in [2.75, 3.05) is 13.6 Å². The predicted octanol–water partition coefficient (Wildman–Crippen LogP) is 2.98. The van der Waals surface area contributed by atoms with Gasteiger partial charge in [0.2, 0.25) is 0 Å². The maximum Gasteiger partial charge on any atom is 0.317 e. The Kier molecular flexibility index (Phi) is 4.05. The molecule has 4 rings (SSSR count). The van der Waals surface area contributed by atoms with Gasteiger partial charge in [-0.3, -0.25) is 0 Å². The number of carbonyl (C=O) groups excluding carboxylic acids is 1. The molecule has 0 spiro atoms. The number of rotatable bonds is 1. The first-order chi connectivity index (χ1) is 10.7. The standard InChI is InChI=1S/C18H31N3O/c1-20-15-7-3-8-16(20)12-14(11-15)19-18(22)21-10-4-6-13-5-2-9-17(13)21/h13-17H,2-12H2,1H3,(H,19,22)/t13-,15+,16+,17+/m1/s1. The normalized spacial score (nSPS) is 42.0. The van der Waals surface area contributed by atoms with Gasteiger partial charge in [0.1, 0.15) is 0 Å². The Bertz CT molecular complexity index is 413. The molecule has 1 aliphatic carbocycles. The molecule has 0 unspecified atom stereocenters. The van der Waals surface area contributed by atoms with Crippen LogP contribution < -0.4 is 5.32 Å². The summed E-state index contributed by atoms with van der Waals surface area (Å²) in [5, 5.41) is 3.41. The van der Waals surface area contributed by atoms with Gasteiger partial charge in [0, 0.05) is 30.7 Å². The van der Waals surface area contributed by atoms with Gasteiger partial charge in [0.25, 0.3) is 0 Å². The molecule has 0 aromatic carbocycles. The molecule has 124 valence electrons. The first-order valence-electron chi connectivity index (χ1n) is 9.51. The summed E-state index contributed by atoms with van der Waals surface area (Å²) in [6.45, 7) is 0.979. The van der Waals surface area contributed by atoms with Crippen molar-refractivity contribution in [1.29, 1.82) is 0 Å². The van der Waals surface area contributed by atoms with E-state index >= 15 is 0 Å². The second-order valence-electron chi connectivity index (χ2n) is 8.12. The van der Waals surface area contributed by atoms with Gasteiger partial charge in [-0.05, 0) is 64.3 Å². The van der Waals surface area contributed by atoms with Gasteiger partial charge in [0.05, 0.1) is 0 Å². The highest BCUT2D eigenvalue weighted by atomic mass is 16.2. The van der Waals surface area contributed by atoms with Gasteiger partial charge < -0.3 is 15.1 Å². The number of urea groups is 1. The highest BCUT2D eigenvalue weighted by Crippen LogP contribution is 2.37. The zero-order chi connectivity index (χ0) is 15.1. The Morgan fingerprint density at radius 2 is 1.64 bits per heavy atom. The fourth-order valence-corrected chi connectivity index (χ4v) is 5.70. The van der Waals surface area contributed by atoms with Crippen LogP contribution in [0.15, 0.2) is 0 Å². The number of likely N-dealkylation sites (tertiary alicyclic amines) is 1. The van der Waals surface area contributed by atoms with Crippen LogP contribution in [0.4, 0.5) is 4.79 Å². The van der Waals surface area contributed by atoms with Crippen molar-refractivity contribution in [3.05, 3.63) is 0 Å². The van der Waals surface area contributed by atoms with E-state index in [1.54, 1.807) is 0 Å². The number of carbonyl (C=O) groups is 1. The molecule has 0 aromatic heterocycles. The number of piperidine rings is 3. The highest BCUT2D eigenvalue weighted by Gasteiger charge is 2.40. The van der Waals surface area contributed by atoms with E-state index in [-0.39, 0.29) is 6.03 Å². The summed E-state index contributed by atoms with van der Waals surface area (Å²) >= 11 is 0. The first-order valence-corrected chi connectivity index (χ1v) is 9.51. The van der Waals surface area contributed by atoms with Crippen molar-refractivity contribution in [3.63, 3.8) is 0 Å². The van der Waals surface area contributed by atoms with Crippen molar-refractivity contribution < 1.29 is 4.79 Å². The van der Waals surface area contributed by atoms with Crippen LogP contribution in [0.2, 0.25) is 0 Å². The fraction of sp³-hybridized carbons (Fsp3) is 0.944. The Morgan fingerprint density at radius 1 is 0.955 bits per heavy atom. The summed E-state index contributed by atoms with van der Waals surface area (Å²) in [4.78, 5) is 17.6. The van der Waals surface area contributed by atoms with E-state index in [1.807, 2.05) is 0 Å². The molecule has 4 nitrogen and oxygen atoms in total. The molecule has 4 fully saturated rings. The molecule has 0 radical (unpaired) electrons. The number of nitrogens with one attached hydrogen (secondary N) is 1. The lowest BCUT2D eigenvalue weighted by atomic mass is 9.82. The van der Waals surface area contributed by atoms with Crippen LogP contribution in [-0.2, 0) is 0 Å². The lowest BCUT2D eigenvalue weighted by molar-refractivity contribution is 0.0472. The minimum Gasteiger partial charge on any atom is -0.335 e. The molecular weight excluding hydrogens is 274 g/mol. The summed E-state index contributed by atoms with van der Waals surface area (Å²) in [6.07, 6.45) is 12.7. The Hall–Kier alpha value is -0.770. The Balaban J connectivity index is 1.37. The van der Waals surface area contributed by atoms with Crippen molar-refractivity contribution >= 4 is 6.03 Å². The average molecular weight is 305 g/mol. The van der Waals surface area contributed by atoms with Crippen LogP contribution in [0, 0.1) is 5.92 Å². The Labute approximate surface area is 134 Å². The third-order valence-electron chi connectivity index (χ3n) is 6.92. The maximum atomic E-state index is 12.8. The van der Waals surface area contributed by atoms with Crippen molar-refractivity contribution in [1.82, 2.24) is 15.1 Å². The lowest BCUT2D eigenvalue weighted by Crippen LogP contribution is -2.58. The molecule has 4 heteroatoms. The summed E-state index contributed by atoms with van der Waals surface area (Å²) < 4.78 is 0. The van der Waals surface area contributed by atoms with Crippen LogP contribution in [0.25, 0.3) is 0 Å². The molecule has 0 aromatic rings. The average Bonchev–Trinajstić information content (AvgIpc) is 2.96. The number of nitrogens with zero attached hydrogens (tertiary/aromatic N) is 2. The predicted molar refractivity (Wildman–Crippen MR) is 87.8 cm³/mol. The molecule has 3 aliphatic heterocycles. The fourth-order valence-electron chi connectivity index (χ4n) is 5.70. The summed E-state index contributed by atoms with van der Waals surface area (Å²) in [6, 6.07) is 2.57. The first kappa shape index (κ1) is 14.8. The second kappa shape index (κ2) is 6.03. The van der Waals surface area contributed by atoms with Gasteiger partial charge in [-0.2, -0.15) is 0 Å². The molecule has 1 saturated carbocycles. The van der Waals surface area contributed by atoms with Crippen LogP contribution in [-0.4, -0.2) is 53.6 Å². The van der Waals surface area contributed by atoms with Crippen molar-refractivity contribution in [2.45, 2.75) is 88.4 Å². The van der Waals surface area contributed by atoms with E-state index < -0.39 is 0 Å². The van der Waals surface area contributed by atoms with Gasteiger partial charge in [-0.15, -0.1) is 0 Å². The largest absolute Gasteiger partial charge is 0.335 e. The quantitative estimate of drug-likeness (QED) is 0.808. The highest BCUT2D eigenvalue weighted by molar-refractivity contribution is 5.75. The minimum absolute atomic E-state index is 0.240. The molecular formula is C18H31N3O. The van der Waals surface area contributed by atoms with Crippen LogP contribution in [0.3, 0.4) is 0 Å².